The van der Waals surface area contributed by atoms with E-state index in [-0.39, 0.29) is 0 Å². The minimum Gasteiger partial charge on any atom is -0.449 e. The monoisotopic (exact) mass is 352 g/mol. The van der Waals surface area contributed by atoms with E-state index in [1.807, 2.05) is 31.2 Å². The molecule has 26 heavy (non-hydrogen) atoms. The van der Waals surface area contributed by atoms with Crippen LogP contribution in [0, 0.1) is 6.92 Å². The summed E-state index contributed by atoms with van der Waals surface area (Å²) in [5.74, 6) is -1.74. The predicted octanol–water partition coefficient (Wildman–Crippen LogP) is 2.40. The van der Waals surface area contributed by atoms with Gasteiger partial charge >= 0.3 is 5.97 Å². The highest BCUT2D eigenvalue weighted by Gasteiger charge is 2.17. The smallest absolute Gasteiger partial charge is 0.331 e. The molecule has 0 radical (unpaired) electrons. The topological polar surface area (TPSA) is 84.5 Å². The Labute approximate surface area is 151 Å². The molecule has 1 atom stereocenters. The van der Waals surface area contributed by atoms with Crippen LogP contribution in [0.2, 0.25) is 0 Å². The maximum absolute atomic E-state index is 11.9. The number of benzene rings is 2. The normalized spacial score (nSPS) is 11.6. The lowest BCUT2D eigenvalue weighted by Crippen LogP contribution is -2.46. The van der Waals surface area contributed by atoms with Gasteiger partial charge in [0.2, 0.25) is 0 Å². The molecule has 0 fully saturated rings. The molecular weight excluding hydrogens is 332 g/mol. The molecule has 0 saturated heterocycles. The quantitative estimate of drug-likeness (QED) is 0.492. The average Bonchev–Trinajstić information content (AvgIpc) is 2.65. The maximum Gasteiger partial charge on any atom is 0.331 e. The lowest BCUT2D eigenvalue weighted by Gasteiger charge is -2.13. The van der Waals surface area contributed by atoms with Crippen molar-refractivity contribution in [1.29, 1.82) is 0 Å². The van der Waals surface area contributed by atoms with Gasteiger partial charge in [-0.2, -0.15) is 0 Å². The summed E-state index contributed by atoms with van der Waals surface area (Å²) in [6.45, 7) is 3.37. The molecule has 0 bridgehead atoms. The number of hydrazine groups is 1. The molecule has 0 aliphatic carbocycles. The van der Waals surface area contributed by atoms with E-state index >= 15 is 0 Å². The first-order chi connectivity index (χ1) is 12.5. The number of hydrogen-bond donors (Lipinski definition) is 2. The average molecular weight is 352 g/mol. The van der Waals surface area contributed by atoms with Crippen molar-refractivity contribution in [3.8, 4) is 0 Å². The third-order valence-corrected chi connectivity index (χ3v) is 3.45. The molecule has 0 saturated carbocycles. The van der Waals surface area contributed by atoms with Crippen LogP contribution in [-0.2, 0) is 14.3 Å². The summed E-state index contributed by atoms with van der Waals surface area (Å²) in [5, 5.41) is 0. The third kappa shape index (κ3) is 5.90. The first-order valence-electron chi connectivity index (χ1n) is 8.06. The summed E-state index contributed by atoms with van der Waals surface area (Å²) in [6, 6.07) is 16.0. The van der Waals surface area contributed by atoms with Gasteiger partial charge in [-0.1, -0.05) is 48.0 Å². The molecule has 2 amide bonds. The van der Waals surface area contributed by atoms with E-state index in [1.54, 1.807) is 36.4 Å². The van der Waals surface area contributed by atoms with Crippen LogP contribution in [0.15, 0.2) is 60.7 Å². The van der Waals surface area contributed by atoms with Crippen LogP contribution in [0.4, 0.5) is 0 Å². The molecule has 2 aromatic carbocycles. The zero-order valence-electron chi connectivity index (χ0n) is 14.6. The van der Waals surface area contributed by atoms with Crippen molar-refractivity contribution in [2.75, 3.05) is 0 Å². The predicted molar refractivity (Wildman–Crippen MR) is 97.8 cm³/mol. The standard InChI is InChI=1S/C20H20N2O4/c1-14-7-6-8-16(13-14)11-12-18(23)26-15(2)19(24)21-22-20(25)17-9-4-3-5-10-17/h3-13,15H,1-2H3,(H,21,24)(H,22,25)/b12-11+/t15-/m0/s1. The molecule has 0 spiro atoms. The lowest BCUT2D eigenvalue weighted by atomic mass is 10.1. The van der Waals surface area contributed by atoms with Gasteiger partial charge in [-0.15, -0.1) is 0 Å². The molecule has 0 aliphatic heterocycles. The Morgan fingerprint density at radius 2 is 1.73 bits per heavy atom. The Bertz CT molecular complexity index is 816. The van der Waals surface area contributed by atoms with Crippen molar-refractivity contribution in [2.45, 2.75) is 20.0 Å². The molecule has 2 aromatic rings. The van der Waals surface area contributed by atoms with E-state index in [0.717, 1.165) is 11.1 Å². The molecule has 134 valence electrons. The molecule has 2 N–H and O–H groups in total. The number of rotatable bonds is 5. The van der Waals surface area contributed by atoms with E-state index in [9.17, 15) is 14.4 Å². The third-order valence-electron chi connectivity index (χ3n) is 3.45. The Morgan fingerprint density at radius 1 is 1.00 bits per heavy atom. The second-order valence-corrected chi connectivity index (χ2v) is 5.64. The van der Waals surface area contributed by atoms with Gasteiger partial charge in [-0.05, 0) is 37.6 Å². The maximum atomic E-state index is 11.9. The van der Waals surface area contributed by atoms with Crippen molar-refractivity contribution in [3.63, 3.8) is 0 Å². The summed E-state index contributed by atoms with van der Waals surface area (Å²) in [4.78, 5) is 35.5. The molecular formula is C20H20N2O4. The molecule has 2 rings (SSSR count). The van der Waals surface area contributed by atoms with Gasteiger partial charge < -0.3 is 4.74 Å². The fourth-order valence-corrected chi connectivity index (χ4v) is 2.09. The number of amides is 2. The summed E-state index contributed by atoms with van der Waals surface area (Å²) < 4.78 is 5.01. The molecule has 0 unspecified atom stereocenters. The number of esters is 1. The van der Waals surface area contributed by atoms with Gasteiger partial charge in [0.05, 0.1) is 0 Å². The Hall–Kier alpha value is -3.41. The summed E-state index contributed by atoms with van der Waals surface area (Å²) in [5.41, 5.74) is 6.83. The number of nitrogens with one attached hydrogen (secondary N) is 2. The lowest BCUT2D eigenvalue weighted by molar-refractivity contribution is -0.150. The SMILES string of the molecule is Cc1cccc(/C=C/C(=O)O[C@@H](C)C(=O)NNC(=O)c2ccccc2)c1. The molecule has 6 nitrogen and oxygen atoms in total. The number of carbonyl (C=O) groups excluding carboxylic acids is 3. The van der Waals surface area contributed by atoms with Crippen LogP contribution < -0.4 is 10.9 Å². The highest BCUT2D eigenvalue weighted by Crippen LogP contribution is 2.06. The van der Waals surface area contributed by atoms with E-state index in [1.165, 1.54) is 13.0 Å². The van der Waals surface area contributed by atoms with E-state index < -0.39 is 23.9 Å². The first kappa shape index (κ1) is 18.9. The van der Waals surface area contributed by atoms with Crippen LogP contribution in [-0.4, -0.2) is 23.9 Å². The van der Waals surface area contributed by atoms with Crippen molar-refractivity contribution < 1.29 is 19.1 Å². The van der Waals surface area contributed by atoms with E-state index in [2.05, 4.69) is 10.9 Å². The Balaban J connectivity index is 1.80. The number of aryl methyl sites for hydroxylation is 1. The molecule has 0 aromatic heterocycles. The van der Waals surface area contributed by atoms with Gasteiger partial charge in [-0.25, -0.2) is 4.79 Å². The Kier molecular flexibility index (Phi) is 6.68. The van der Waals surface area contributed by atoms with Crippen LogP contribution in [0.25, 0.3) is 6.08 Å². The zero-order chi connectivity index (χ0) is 18.9. The first-order valence-corrected chi connectivity index (χ1v) is 8.06. The van der Waals surface area contributed by atoms with Crippen molar-refractivity contribution in [1.82, 2.24) is 10.9 Å². The fraction of sp³-hybridized carbons (Fsp3) is 0.150. The van der Waals surface area contributed by atoms with E-state index in [0.29, 0.717) is 5.56 Å². The number of carbonyl (C=O) groups is 3. The summed E-state index contributed by atoms with van der Waals surface area (Å²) >= 11 is 0. The fourth-order valence-electron chi connectivity index (χ4n) is 2.09. The largest absolute Gasteiger partial charge is 0.449 e. The van der Waals surface area contributed by atoms with E-state index in [4.69, 9.17) is 4.74 Å². The minimum absolute atomic E-state index is 0.401. The molecule has 0 aliphatic rings. The second-order valence-electron chi connectivity index (χ2n) is 5.64. The molecule has 6 heteroatoms. The van der Waals surface area contributed by atoms with Gasteiger partial charge in [0, 0.05) is 11.6 Å². The van der Waals surface area contributed by atoms with Crippen LogP contribution >= 0.6 is 0 Å². The van der Waals surface area contributed by atoms with Crippen molar-refractivity contribution in [3.05, 3.63) is 77.4 Å². The second kappa shape index (κ2) is 9.17. The van der Waals surface area contributed by atoms with Crippen LogP contribution in [0.5, 0.6) is 0 Å². The van der Waals surface area contributed by atoms with Gasteiger partial charge in [0.1, 0.15) is 0 Å². The zero-order valence-corrected chi connectivity index (χ0v) is 14.6. The van der Waals surface area contributed by atoms with Gasteiger partial charge in [-0.3, -0.25) is 20.4 Å². The highest BCUT2D eigenvalue weighted by atomic mass is 16.5. The summed E-state index contributed by atoms with van der Waals surface area (Å²) in [7, 11) is 0. The number of ether oxygens (including phenoxy) is 1. The van der Waals surface area contributed by atoms with Crippen molar-refractivity contribution in [2.24, 2.45) is 0 Å². The summed E-state index contributed by atoms with van der Waals surface area (Å²) in [6.07, 6.45) is 1.80. The molecule has 0 heterocycles. The highest BCUT2D eigenvalue weighted by molar-refractivity contribution is 5.96. The van der Waals surface area contributed by atoms with Crippen LogP contribution in [0.3, 0.4) is 0 Å². The van der Waals surface area contributed by atoms with Gasteiger partial charge in [0.15, 0.2) is 6.10 Å². The van der Waals surface area contributed by atoms with Crippen LogP contribution in [0.1, 0.15) is 28.4 Å². The van der Waals surface area contributed by atoms with Crippen molar-refractivity contribution >= 4 is 23.9 Å². The van der Waals surface area contributed by atoms with Gasteiger partial charge in [0.25, 0.3) is 11.8 Å². The minimum atomic E-state index is -1.05. The Morgan fingerprint density at radius 3 is 2.42 bits per heavy atom. The number of hydrogen-bond acceptors (Lipinski definition) is 4.